The Morgan fingerprint density at radius 1 is 1.16 bits per heavy atom. The van der Waals surface area contributed by atoms with Gasteiger partial charge in [0.05, 0.1) is 7.11 Å². The molecule has 5 heteroatoms. The van der Waals surface area contributed by atoms with E-state index in [1.54, 1.807) is 40.0 Å². The number of amides is 1. The smallest absolute Gasteiger partial charge is 0.397 e. The summed E-state index contributed by atoms with van der Waals surface area (Å²) in [6, 6.07) is 7.20. The molecule has 0 saturated heterocycles. The van der Waals surface area contributed by atoms with E-state index in [9.17, 15) is 9.59 Å². The summed E-state index contributed by atoms with van der Waals surface area (Å²) < 4.78 is 9.98. The Kier molecular flexibility index (Phi) is 4.92. The van der Waals surface area contributed by atoms with E-state index in [1.165, 1.54) is 0 Å². The molecule has 1 N–H and O–H groups in total. The van der Waals surface area contributed by atoms with Crippen LogP contribution in [0.25, 0.3) is 0 Å². The van der Waals surface area contributed by atoms with E-state index < -0.39 is 17.5 Å². The van der Waals surface area contributed by atoms with Crippen LogP contribution in [-0.2, 0) is 20.9 Å². The summed E-state index contributed by atoms with van der Waals surface area (Å²) in [6.45, 7) is 5.40. The Hall–Kier alpha value is -2.04. The lowest BCUT2D eigenvalue weighted by Crippen LogP contribution is -2.36. The van der Waals surface area contributed by atoms with Crippen LogP contribution in [0.3, 0.4) is 0 Å². The molecule has 0 aliphatic carbocycles. The monoisotopic (exact) mass is 265 g/mol. The van der Waals surface area contributed by atoms with Crippen molar-refractivity contribution < 1.29 is 19.1 Å². The molecule has 0 fully saturated rings. The van der Waals surface area contributed by atoms with Gasteiger partial charge in [-0.1, -0.05) is 12.1 Å². The fourth-order valence-electron chi connectivity index (χ4n) is 1.32. The third-order valence-electron chi connectivity index (χ3n) is 2.20. The minimum absolute atomic E-state index is 0.266. The Bertz CT molecular complexity index is 446. The number of rotatable bonds is 3. The van der Waals surface area contributed by atoms with Gasteiger partial charge in [0.15, 0.2) is 0 Å². The molecule has 0 unspecified atom stereocenters. The van der Waals surface area contributed by atoms with Crippen LogP contribution in [0.2, 0.25) is 0 Å². The van der Waals surface area contributed by atoms with Crippen molar-refractivity contribution in [2.75, 3.05) is 7.11 Å². The summed E-state index contributed by atoms with van der Waals surface area (Å²) in [5, 5.41) is 2.50. The number of methoxy groups -OCH3 is 1. The van der Waals surface area contributed by atoms with Crippen LogP contribution in [-0.4, -0.2) is 24.6 Å². The van der Waals surface area contributed by atoms with Gasteiger partial charge in [-0.25, -0.2) is 4.79 Å². The Labute approximate surface area is 112 Å². The van der Waals surface area contributed by atoms with Gasteiger partial charge in [-0.05, 0) is 38.5 Å². The quantitative estimate of drug-likeness (QED) is 0.666. The zero-order valence-electron chi connectivity index (χ0n) is 11.6. The summed E-state index contributed by atoms with van der Waals surface area (Å²) in [5.41, 5.74) is 0.201. The molecule has 0 bridgehead atoms. The van der Waals surface area contributed by atoms with Gasteiger partial charge in [-0.3, -0.25) is 4.79 Å². The molecule has 0 radical (unpaired) electrons. The Balaban J connectivity index is 2.47. The molecule has 104 valence electrons. The van der Waals surface area contributed by atoms with E-state index in [4.69, 9.17) is 9.47 Å². The number of benzene rings is 1. The zero-order valence-corrected chi connectivity index (χ0v) is 11.6. The molecule has 1 aromatic carbocycles. The van der Waals surface area contributed by atoms with Crippen LogP contribution in [0, 0.1) is 0 Å². The predicted octanol–water partition coefficient (Wildman–Crippen LogP) is 1.65. The van der Waals surface area contributed by atoms with Gasteiger partial charge < -0.3 is 14.8 Å². The second-order valence-electron chi connectivity index (χ2n) is 5.03. The number of carbonyl (C=O) groups is 2. The molecule has 5 nitrogen and oxygen atoms in total. The third-order valence-corrected chi connectivity index (χ3v) is 2.20. The maximum Gasteiger partial charge on any atom is 0.397 e. The molecule has 1 aromatic rings. The summed E-state index contributed by atoms with van der Waals surface area (Å²) in [5.74, 6) is -0.881. The molecule has 0 saturated carbocycles. The fraction of sp³-hybridized carbons (Fsp3) is 0.429. The number of hydrogen-bond donors (Lipinski definition) is 1. The van der Waals surface area contributed by atoms with E-state index in [0.29, 0.717) is 0 Å². The number of nitrogens with one attached hydrogen (secondary N) is 1. The Morgan fingerprint density at radius 2 is 1.74 bits per heavy atom. The lowest BCUT2D eigenvalue weighted by Gasteiger charge is -2.18. The Morgan fingerprint density at radius 3 is 2.21 bits per heavy atom. The molecule has 0 spiro atoms. The van der Waals surface area contributed by atoms with Gasteiger partial charge in [-0.2, -0.15) is 0 Å². The van der Waals surface area contributed by atoms with E-state index in [-0.39, 0.29) is 6.54 Å². The molecule has 1 rings (SSSR count). The molecule has 0 aliphatic heterocycles. The van der Waals surface area contributed by atoms with Crippen LogP contribution in [0.5, 0.6) is 5.75 Å². The summed E-state index contributed by atoms with van der Waals surface area (Å²) >= 11 is 0. The highest BCUT2D eigenvalue weighted by atomic mass is 16.6. The van der Waals surface area contributed by atoms with Gasteiger partial charge >= 0.3 is 11.9 Å². The lowest BCUT2D eigenvalue weighted by molar-refractivity contribution is -0.163. The molecule has 0 atom stereocenters. The number of hydrogen-bond acceptors (Lipinski definition) is 4. The number of esters is 1. The topological polar surface area (TPSA) is 64.6 Å². The zero-order chi connectivity index (χ0) is 14.5. The van der Waals surface area contributed by atoms with Crippen LogP contribution in [0.15, 0.2) is 24.3 Å². The van der Waals surface area contributed by atoms with Crippen molar-refractivity contribution in [1.29, 1.82) is 0 Å². The van der Waals surface area contributed by atoms with Gasteiger partial charge in [0, 0.05) is 6.54 Å². The average Bonchev–Trinajstić information content (AvgIpc) is 2.34. The first-order valence-corrected chi connectivity index (χ1v) is 5.96. The van der Waals surface area contributed by atoms with E-state index in [1.807, 2.05) is 12.1 Å². The minimum atomic E-state index is -0.874. The van der Waals surface area contributed by atoms with Crippen LogP contribution in [0.4, 0.5) is 0 Å². The van der Waals surface area contributed by atoms with Crippen molar-refractivity contribution in [3.63, 3.8) is 0 Å². The first-order valence-electron chi connectivity index (χ1n) is 5.96. The molecule has 0 heterocycles. The molecular weight excluding hydrogens is 246 g/mol. The highest BCUT2D eigenvalue weighted by Gasteiger charge is 2.22. The van der Waals surface area contributed by atoms with Crippen molar-refractivity contribution in [3.8, 4) is 5.75 Å². The predicted molar refractivity (Wildman–Crippen MR) is 70.7 cm³/mol. The summed E-state index contributed by atoms with van der Waals surface area (Å²) in [6.07, 6.45) is 0. The first kappa shape index (κ1) is 15.0. The number of ether oxygens (including phenoxy) is 2. The van der Waals surface area contributed by atoms with E-state index >= 15 is 0 Å². The first-order chi connectivity index (χ1) is 8.81. The molecule has 0 aliphatic rings. The van der Waals surface area contributed by atoms with Gasteiger partial charge in [0.25, 0.3) is 0 Å². The van der Waals surface area contributed by atoms with Crippen molar-refractivity contribution in [3.05, 3.63) is 29.8 Å². The molecule has 1 amide bonds. The third kappa shape index (κ3) is 5.42. The number of carbonyl (C=O) groups excluding carboxylic acids is 2. The van der Waals surface area contributed by atoms with Crippen molar-refractivity contribution in [2.24, 2.45) is 0 Å². The average molecular weight is 265 g/mol. The maximum atomic E-state index is 11.5. The standard InChI is InChI=1S/C14H19NO4/c1-14(2,3)19-13(17)12(16)15-9-10-5-7-11(18-4)8-6-10/h5-8H,9H2,1-4H3,(H,15,16). The lowest BCUT2D eigenvalue weighted by atomic mass is 10.2. The maximum absolute atomic E-state index is 11.5. The van der Waals surface area contributed by atoms with Crippen molar-refractivity contribution >= 4 is 11.9 Å². The normalized spacial score (nSPS) is 10.7. The van der Waals surface area contributed by atoms with Crippen LogP contribution in [0.1, 0.15) is 26.3 Å². The second-order valence-corrected chi connectivity index (χ2v) is 5.03. The second kappa shape index (κ2) is 6.22. The van der Waals surface area contributed by atoms with Gasteiger partial charge in [0.2, 0.25) is 0 Å². The molecule has 19 heavy (non-hydrogen) atoms. The largest absolute Gasteiger partial charge is 0.497 e. The van der Waals surface area contributed by atoms with Crippen LogP contribution < -0.4 is 10.1 Å². The van der Waals surface area contributed by atoms with Crippen molar-refractivity contribution in [2.45, 2.75) is 32.9 Å². The van der Waals surface area contributed by atoms with Crippen molar-refractivity contribution in [1.82, 2.24) is 5.32 Å². The molecular formula is C14H19NO4. The fourth-order valence-corrected chi connectivity index (χ4v) is 1.32. The summed E-state index contributed by atoms with van der Waals surface area (Å²) in [7, 11) is 1.58. The summed E-state index contributed by atoms with van der Waals surface area (Å²) in [4.78, 5) is 22.9. The highest BCUT2D eigenvalue weighted by molar-refractivity contribution is 6.32. The highest BCUT2D eigenvalue weighted by Crippen LogP contribution is 2.11. The van der Waals surface area contributed by atoms with E-state index in [2.05, 4.69) is 5.32 Å². The molecule has 0 aromatic heterocycles. The SMILES string of the molecule is COc1ccc(CNC(=O)C(=O)OC(C)(C)C)cc1. The van der Waals surface area contributed by atoms with E-state index in [0.717, 1.165) is 11.3 Å². The minimum Gasteiger partial charge on any atom is -0.497 e. The van der Waals surface area contributed by atoms with Crippen LogP contribution >= 0.6 is 0 Å². The van der Waals surface area contributed by atoms with Gasteiger partial charge in [-0.15, -0.1) is 0 Å². The van der Waals surface area contributed by atoms with Gasteiger partial charge in [0.1, 0.15) is 11.4 Å².